The lowest BCUT2D eigenvalue weighted by Crippen LogP contribution is -2.57. The monoisotopic (exact) mass is 290 g/mol. The van der Waals surface area contributed by atoms with E-state index in [1.165, 1.54) is 0 Å². The Morgan fingerprint density at radius 3 is 2.38 bits per heavy atom. The van der Waals surface area contributed by atoms with Crippen molar-refractivity contribution in [2.75, 3.05) is 26.2 Å². The van der Waals surface area contributed by atoms with E-state index in [9.17, 15) is 4.79 Å². The van der Waals surface area contributed by atoms with Crippen LogP contribution in [0.5, 0.6) is 0 Å². The highest BCUT2D eigenvalue weighted by atomic mass is 16.2. The Hall–Kier alpha value is -1.36. The maximum atomic E-state index is 13.2. The minimum Gasteiger partial charge on any atom is -0.341 e. The summed E-state index contributed by atoms with van der Waals surface area (Å²) in [7, 11) is 0. The van der Waals surface area contributed by atoms with Gasteiger partial charge >= 0.3 is 0 Å². The van der Waals surface area contributed by atoms with Gasteiger partial charge in [0.15, 0.2) is 0 Å². The highest BCUT2D eigenvalue weighted by molar-refractivity contribution is 5.84. The van der Waals surface area contributed by atoms with Gasteiger partial charge in [0.05, 0.1) is 0 Å². The molecule has 0 aliphatic carbocycles. The molecule has 0 saturated carbocycles. The van der Waals surface area contributed by atoms with Gasteiger partial charge < -0.3 is 10.2 Å². The standard InChI is InChI=1S/C16H26N4O/c1-15(2)6-12-19(13-7-15)14(21)16(4-9-17-10-5-16)20-11-3-8-18-20/h3,8,11,17H,4-7,9-10,12-13H2,1-2H3. The number of amides is 1. The van der Waals surface area contributed by atoms with Crippen molar-refractivity contribution in [2.45, 2.75) is 45.1 Å². The zero-order chi connectivity index (χ0) is 14.9. The Morgan fingerprint density at radius 2 is 1.81 bits per heavy atom. The fraction of sp³-hybridized carbons (Fsp3) is 0.750. The predicted octanol–water partition coefficient (Wildman–Crippen LogP) is 1.61. The van der Waals surface area contributed by atoms with Crippen molar-refractivity contribution in [1.29, 1.82) is 0 Å². The van der Waals surface area contributed by atoms with Gasteiger partial charge in [0.1, 0.15) is 5.54 Å². The van der Waals surface area contributed by atoms with E-state index in [1.54, 1.807) is 6.20 Å². The van der Waals surface area contributed by atoms with E-state index in [1.807, 2.05) is 16.9 Å². The molecule has 1 aromatic rings. The molecule has 3 heterocycles. The van der Waals surface area contributed by atoms with Crippen molar-refractivity contribution in [3.05, 3.63) is 18.5 Å². The highest BCUT2D eigenvalue weighted by Gasteiger charge is 2.45. The molecular weight excluding hydrogens is 264 g/mol. The SMILES string of the molecule is CC1(C)CCN(C(=O)C2(n3cccn3)CCNCC2)CC1. The molecule has 0 radical (unpaired) electrons. The summed E-state index contributed by atoms with van der Waals surface area (Å²) < 4.78 is 1.90. The van der Waals surface area contributed by atoms with E-state index < -0.39 is 5.54 Å². The fourth-order valence-electron chi connectivity index (χ4n) is 3.51. The van der Waals surface area contributed by atoms with Crippen molar-refractivity contribution in [3.8, 4) is 0 Å². The number of nitrogens with zero attached hydrogens (tertiary/aromatic N) is 3. The molecule has 2 aliphatic rings. The first-order valence-electron chi connectivity index (χ1n) is 8.04. The maximum Gasteiger partial charge on any atom is 0.250 e. The Balaban J connectivity index is 1.82. The molecule has 116 valence electrons. The molecule has 3 rings (SSSR count). The normalized spacial score (nSPS) is 24.8. The van der Waals surface area contributed by atoms with Crippen LogP contribution in [0.2, 0.25) is 0 Å². The van der Waals surface area contributed by atoms with Gasteiger partial charge in [-0.25, -0.2) is 0 Å². The van der Waals surface area contributed by atoms with Crippen molar-refractivity contribution in [3.63, 3.8) is 0 Å². The number of hydrogen-bond donors (Lipinski definition) is 1. The summed E-state index contributed by atoms with van der Waals surface area (Å²) in [6, 6.07) is 1.91. The lowest BCUT2D eigenvalue weighted by atomic mass is 9.81. The molecule has 2 saturated heterocycles. The molecule has 21 heavy (non-hydrogen) atoms. The van der Waals surface area contributed by atoms with Gasteiger partial charge in [-0.1, -0.05) is 13.8 Å². The van der Waals surface area contributed by atoms with E-state index in [0.717, 1.165) is 51.9 Å². The van der Waals surface area contributed by atoms with Gasteiger partial charge in [-0.3, -0.25) is 9.48 Å². The first-order valence-corrected chi connectivity index (χ1v) is 8.04. The lowest BCUT2D eigenvalue weighted by Gasteiger charge is -2.44. The van der Waals surface area contributed by atoms with Crippen LogP contribution >= 0.6 is 0 Å². The smallest absolute Gasteiger partial charge is 0.250 e. The van der Waals surface area contributed by atoms with E-state index in [0.29, 0.717) is 5.41 Å². The van der Waals surface area contributed by atoms with Crippen LogP contribution in [0.25, 0.3) is 0 Å². The first kappa shape index (κ1) is 14.6. The summed E-state index contributed by atoms with van der Waals surface area (Å²) in [6.45, 7) is 8.10. The third kappa shape index (κ3) is 2.71. The predicted molar refractivity (Wildman–Crippen MR) is 81.9 cm³/mol. The van der Waals surface area contributed by atoms with Crippen LogP contribution in [-0.2, 0) is 10.3 Å². The number of nitrogens with one attached hydrogen (secondary N) is 1. The lowest BCUT2D eigenvalue weighted by molar-refractivity contribution is -0.145. The average Bonchev–Trinajstić information content (AvgIpc) is 3.02. The zero-order valence-corrected chi connectivity index (χ0v) is 13.1. The van der Waals surface area contributed by atoms with Crippen LogP contribution in [0.4, 0.5) is 0 Å². The second kappa shape index (κ2) is 5.44. The van der Waals surface area contributed by atoms with Crippen LogP contribution in [0.15, 0.2) is 18.5 Å². The molecule has 0 unspecified atom stereocenters. The number of piperidine rings is 2. The molecule has 0 aromatic carbocycles. The largest absolute Gasteiger partial charge is 0.341 e. The van der Waals surface area contributed by atoms with Gasteiger partial charge in [0, 0.05) is 25.5 Å². The summed E-state index contributed by atoms with van der Waals surface area (Å²) in [5.41, 5.74) is -0.111. The maximum absolute atomic E-state index is 13.2. The number of likely N-dealkylation sites (tertiary alicyclic amines) is 1. The van der Waals surface area contributed by atoms with Gasteiger partial charge in [-0.05, 0) is 50.3 Å². The zero-order valence-electron chi connectivity index (χ0n) is 13.1. The number of aromatic nitrogens is 2. The average molecular weight is 290 g/mol. The first-order chi connectivity index (χ1) is 10.0. The molecule has 1 N–H and O–H groups in total. The Morgan fingerprint density at radius 1 is 1.14 bits per heavy atom. The molecule has 5 heteroatoms. The molecule has 1 aromatic heterocycles. The van der Waals surface area contributed by atoms with E-state index in [-0.39, 0.29) is 5.91 Å². The third-order valence-electron chi connectivity index (χ3n) is 5.18. The molecule has 0 atom stereocenters. The van der Waals surface area contributed by atoms with Crippen LogP contribution in [0, 0.1) is 5.41 Å². The number of carbonyl (C=O) groups excluding carboxylic acids is 1. The number of rotatable bonds is 2. The molecule has 2 fully saturated rings. The summed E-state index contributed by atoms with van der Waals surface area (Å²) in [4.78, 5) is 15.3. The molecule has 1 amide bonds. The molecule has 5 nitrogen and oxygen atoms in total. The Bertz CT molecular complexity index is 478. The minimum absolute atomic E-state index is 0.267. The second-order valence-corrected chi connectivity index (χ2v) is 7.19. The molecule has 0 bridgehead atoms. The Labute approximate surface area is 126 Å². The van der Waals surface area contributed by atoms with Crippen molar-refractivity contribution < 1.29 is 4.79 Å². The van der Waals surface area contributed by atoms with Gasteiger partial charge in [0.2, 0.25) is 0 Å². The van der Waals surface area contributed by atoms with Crippen molar-refractivity contribution in [1.82, 2.24) is 20.0 Å². The topological polar surface area (TPSA) is 50.2 Å². The number of carbonyl (C=O) groups is 1. The summed E-state index contributed by atoms with van der Waals surface area (Å²) >= 11 is 0. The minimum atomic E-state index is -0.476. The molecular formula is C16H26N4O. The molecule has 0 spiro atoms. The summed E-state index contributed by atoms with van der Waals surface area (Å²) in [6.07, 6.45) is 7.55. The van der Waals surface area contributed by atoms with Gasteiger partial charge in [-0.15, -0.1) is 0 Å². The Kier molecular flexibility index (Phi) is 3.78. The van der Waals surface area contributed by atoms with Gasteiger partial charge in [-0.2, -0.15) is 5.10 Å². The van der Waals surface area contributed by atoms with Crippen LogP contribution < -0.4 is 5.32 Å². The van der Waals surface area contributed by atoms with Gasteiger partial charge in [0.25, 0.3) is 5.91 Å². The second-order valence-electron chi connectivity index (χ2n) is 7.19. The quantitative estimate of drug-likeness (QED) is 0.900. The highest BCUT2D eigenvalue weighted by Crippen LogP contribution is 2.34. The van der Waals surface area contributed by atoms with Crippen LogP contribution in [0.3, 0.4) is 0 Å². The van der Waals surface area contributed by atoms with Crippen molar-refractivity contribution >= 4 is 5.91 Å². The molecule has 2 aliphatic heterocycles. The van der Waals surface area contributed by atoms with E-state index in [2.05, 4.69) is 29.2 Å². The third-order valence-corrected chi connectivity index (χ3v) is 5.18. The number of hydrogen-bond acceptors (Lipinski definition) is 3. The van der Waals surface area contributed by atoms with Crippen LogP contribution in [0.1, 0.15) is 39.5 Å². The van der Waals surface area contributed by atoms with Crippen molar-refractivity contribution in [2.24, 2.45) is 5.41 Å². The van der Waals surface area contributed by atoms with E-state index >= 15 is 0 Å². The summed E-state index contributed by atoms with van der Waals surface area (Å²) in [5.74, 6) is 0.267. The summed E-state index contributed by atoms with van der Waals surface area (Å²) in [5, 5.41) is 7.76. The van der Waals surface area contributed by atoms with Crippen LogP contribution in [-0.4, -0.2) is 46.8 Å². The van der Waals surface area contributed by atoms with E-state index in [4.69, 9.17) is 0 Å². The fourth-order valence-corrected chi connectivity index (χ4v) is 3.51.